The van der Waals surface area contributed by atoms with Crippen LogP contribution in [0.25, 0.3) is 11.2 Å². The fourth-order valence-corrected chi connectivity index (χ4v) is 6.24. The highest BCUT2D eigenvalue weighted by Crippen LogP contribution is 2.48. The van der Waals surface area contributed by atoms with Crippen molar-refractivity contribution in [2.75, 3.05) is 64.3 Å². The van der Waals surface area contributed by atoms with E-state index in [0.29, 0.717) is 0 Å². The number of ether oxygens (including phenoxy) is 2. The number of nitrogens with zero attached hydrogens (tertiary/aromatic N) is 3. The van der Waals surface area contributed by atoms with E-state index in [-0.39, 0.29) is 82.2 Å². The number of aromatic amines is 1. The third kappa shape index (κ3) is 9.35. The van der Waals surface area contributed by atoms with Gasteiger partial charge in [-0.2, -0.15) is 4.98 Å². The number of anilines is 1. The van der Waals surface area contributed by atoms with Crippen LogP contribution < -0.4 is 11.3 Å². The molecule has 2 aromatic rings. The summed E-state index contributed by atoms with van der Waals surface area (Å²) < 4.78 is 59.9. The number of nitrogen functional groups attached to an aromatic ring is 1. The van der Waals surface area contributed by atoms with Crippen LogP contribution >= 0.6 is 15.2 Å². The number of hydrogen-bond donors (Lipinski definition) is 2. The third-order valence-corrected chi connectivity index (χ3v) is 8.80. The van der Waals surface area contributed by atoms with E-state index in [1.54, 1.807) is 32.3 Å². The molecule has 0 spiro atoms. The van der Waals surface area contributed by atoms with E-state index in [1.807, 2.05) is 0 Å². The molecule has 14 nitrogen and oxygen atoms in total. The lowest BCUT2D eigenvalue weighted by atomic mass is 10.3. The molecule has 206 valence electrons. The van der Waals surface area contributed by atoms with Gasteiger partial charge in [-0.05, 0) is 27.7 Å². The van der Waals surface area contributed by atoms with Crippen LogP contribution in [0.15, 0.2) is 11.1 Å². The molecule has 0 radical (unpaired) electrons. The number of H-pyrrole nitrogens is 1. The summed E-state index contributed by atoms with van der Waals surface area (Å²) in [6.07, 6.45) is 1.00. The Labute approximate surface area is 210 Å². The lowest BCUT2D eigenvalue weighted by molar-refractivity contribution is -0.0171. The van der Waals surface area contributed by atoms with Crippen molar-refractivity contribution in [1.82, 2.24) is 19.5 Å². The lowest BCUT2D eigenvalue weighted by Crippen LogP contribution is -2.28. The Kier molecular flexibility index (Phi) is 12.7. The van der Waals surface area contributed by atoms with Crippen LogP contribution in [0.5, 0.6) is 0 Å². The van der Waals surface area contributed by atoms with Gasteiger partial charge in [-0.3, -0.25) is 18.9 Å². The molecular weight excluding hydrogens is 516 g/mol. The number of nitrogens with one attached hydrogen (secondary N) is 1. The summed E-state index contributed by atoms with van der Waals surface area (Å²) in [5.41, 5.74) is 5.65. The number of fused-ring (bicyclic) bond motifs is 1. The van der Waals surface area contributed by atoms with Gasteiger partial charge in [-0.15, -0.1) is 0 Å². The van der Waals surface area contributed by atoms with Crippen molar-refractivity contribution in [3.63, 3.8) is 0 Å². The molecule has 0 aromatic carbocycles. The van der Waals surface area contributed by atoms with Gasteiger partial charge < -0.3 is 37.9 Å². The van der Waals surface area contributed by atoms with Crippen LogP contribution in [-0.4, -0.2) is 84.2 Å². The van der Waals surface area contributed by atoms with E-state index in [0.717, 1.165) is 0 Å². The van der Waals surface area contributed by atoms with Gasteiger partial charge in [0.2, 0.25) is 5.95 Å². The standard InChI is InChI=1S/C20H37N5O9P2/c1-5-31-35(27,32-6-2)11-9-29-14-16(30-10-12-36(28,33-7-3)34-8-4)13-25-15-22-17-18(25)23-20(21)24-19(17)26/h15-16H,5-14H2,1-4H3,(H3,21,23,24,26). The molecule has 16 heteroatoms. The molecule has 0 amide bonds. The summed E-state index contributed by atoms with van der Waals surface area (Å²) in [5, 5.41) is 0. The van der Waals surface area contributed by atoms with Gasteiger partial charge in [0.25, 0.3) is 5.56 Å². The fraction of sp³-hybridized carbons (Fsp3) is 0.750. The Balaban J connectivity index is 2.09. The molecule has 0 saturated carbocycles. The SMILES string of the molecule is CCOP(=O)(CCOCC(Cn1cnc2c(=O)[nH]c(N)nc21)OCCP(=O)(OCC)OCC)OCC. The molecule has 0 aliphatic heterocycles. The number of hydrogen-bond acceptors (Lipinski definition) is 12. The van der Waals surface area contributed by atoms with E-state index < -0.39 is 26.9 Å². The summed E-state index contributed by atoms with van der Waals surface area (Å²) in [4.78, 5) is 22.8. The van der Waals surface area contributed by atoms with Crippen molar-refractivity contribution in [3.8, 4) is 0 Å². The minimum atomic E-state index is -3.30. The first kappa shape index (κ1) is 30.6. The first-order valence-corrected chi connectivity index (χ1v) is 15.3. The Morgan fingerprint density at radius 3 is 2.08 bits per heavy atom. The molecule has 3 N–H and O–H groups in total. The van der Waals surface area contributed by atoms with Gasteiger partial charge in [-0.25, -0.2) is 4.98 Å². The van der Waals surface area contributed by atoms with Crippen LogP contribution in [0.2, 0.25) is 0 Å². The second-order valence-electron chi connectivity index (χ2n) is 7.43. The number of imidazole rings is 1. The predicted octanol–water partition coefficient (Wildman–Crippen LogP) is 2.64. The number of rotatable bonds is 19. The molecule has 36 heavy (non-hydrogen) atoms. The topological polar surface area (TPSA) is 179 Å². The van der Waals surface area contributed by atoms with E-state index in [2.05, 4.69) is 15.0 Å². The van der Waals surface area contributed by atoms with E-state index >= 15 is 0 Å². The summed E-state index contributed by atoms with van der Waals surface area (Å²) in [6.45, 7) is 8.39. The number of aromatic nitrogens is 4. The molecule has 0 bridgehead atoms. The Morgan fingerprint density at radius 1 is 0.972 bits per heavy atom. The summed E-state index contributed by atoms with van der Waals surface area (Å²) in [6, 6.07) is 0. The van der Waals surface area contributed by atoms with Crippen molar-refractivity contribution in [2.45, 2.75) is 40.3 Å². The van der Waals surface area contributed by atoms with Gasteiger partial charge in [0.05, 0.1) is 77.5 Å². The summed E-state index contributed by atoms with van der Waals surface area (Å²) >= 11 is 0. The minimum Gasteiger partial charge on any atom is -0.378 e. The Bertz CT molecular complexity index is 1070. The van der Waals surface area contributed by atoms with Crippen molar-refractivity contribution in [1.29, 1.82) is 0 Å². The fourth-order valence-electron chi connectivity index (χ4n) is 3.32. The number of nitrogens with two attached hydrogens (primary N) is 1. The molecule has 0 aliphatic carbocycles. The maximum Gasteiger partial charge on any atom is 0.332 e. The third-order valence-electron chi connectivity index (χ3n) is 4.73. The Hall–Kier alpha value is -1.63. The zero-order valence-corrected chi connectivity index (χ0v) is 23.0. The van der Waals surface area contributed by atoms with Gasteiger partial charge in [0, 0.05) is 0 Å². The molecule has 0 aliphatic rings. The van der Waals surface area contributed by atoms with Gasteiger partial charge >= 0.3 is 15.2 Å². The smallest absolute Gasteiger partial charge is 0.332 e. The van der Waals surface area contributed by atoms with Crippen molar-refractivity contribution in [2.24, 2.45) is 0 Å². The molecule has 0 saturated heterocycles. The van der Waals surface area contributed by atoms with Crippen LogP contribution in [0.1, 0.15) is 27.7 Å². The van der Waals surface area contributed by atoms with Crippen LogP contribution in [0.4, 0.5) is 5.95 Å². The summed E-state index contributed by atoms with van der Waals surface area (Å²) in [5.74, 6) is -0.0417. The highest BCUT2D eigenvalue weighted by atomic mass is 31.2. The average Bonchev–Trinajstić information content (AvgIpc) is 3.20. The predicted molar refractivity (Wildman–Crippen MR) is 135 cm³/mol. The summed E-state index contributed by atoms with van der Waals surface area (Å²) in [7, 11) is -6.55. The van der Waals surface area contributed by atoms with E-state index in [9.17, 15) is 13.9 Å². The second-order valence-corrected chi connectivity index (χ2v) is 11.8. The maximum absolute atomic E-state index is 12.8. The molecule has 2 heterocycles. The molecule has 0 fully saturated rings. The highest BCUT2D eigenvalue weighted by molar-refractivity contribution is 7.54. The quantitative estimate of drug-likeness (QED) is 0.192. The maximum atomic E-state index is 12.8. The highest BCUT2D eigenvalue weighted by Gasteiger charge is 2.26. The van der Waals surface area contributed by atoms with Crippen molar-refractivity contribution in [3.05, 3.63) is 16.7 Å². The zero-order valence-electron chi connectivity index (χ0n) is 21.2. The van der Waals surface area contributed by atoms with Gasteiger partial charge in [-0.1, -0.05) is 0 Å². The van der Waals surface area contributed by atoms with Crippen molar-refractivity contribution >= 4 is 32.3 Å². The monoisotopic (exact) mass is 553 g/mol. The van der Waals surface area contributed by atoms with Crippen LogP contribution in [0, 0.1) is 0 Å². The van der Waals surface area contributed by atoms with E-state index in [4.69, 9.17) is 33.3 Å². The zero-order chi connectivity index (χ0) is 26.6. The first-order valence-electron chi connectivity index (χ1n) is 11.8. The molecule has 2 aromatic heterocycles. The molecular formula is C20H37N5O9P2. The normalized spacial score (nSPS) is 13.4. The molecule has 1 atom stereocenters. The largest absolute Gasteiger partial charge is 0.378 e. The van der Waals surface area contributed by atoms with Gasteiger partial charge in [0.15, 0.2) is 11.2 Å². The van der Waals surface area contributed by atoms with Crippen LogP contribution in [-0.2, 0) is 43.2 Å². The van der Waals surface area contributed by atoms with Gasteiger partial charge in [0.1, 0.15) is 0 Å². The van der Waals surface area contributed by atoms with E-state index in [1.165, 1.54) is 6.33 Å². The lowest BCUT2D eigenvalue weighted by Gasteiger charge is -2.22. The first-order chi connectivity index (χ1) is 17.2. The van der Waals surface area contributed by atoms with Crippen molar-refractivity contribution < 1.29 is 36.7 Å². The average molecular weight is 553 g/mol. The molecule has 2 rings (SSSR count). The van der Waals surface area contributed by atoms with Crippen LogP contribution in [0.3, 0.4) is 0 Å². The molecule has 1 unspecified atom stereocenters. The Morgan fingerprint density at radius 2 is 1.53 bits per heavy atom. The second kappa shape index (κ2) is 14.9. The minimum absolute atomic E-state index is 0.0417.